The van der Waals surface area contributed by atoms with Crippen molar-refractivity contribution in [1.29, 1.82) is 0 Å². The number of anilines is 1. The number of benzene rings is 1. The van der Waals surface area contributed by atoms with Gasteiger partial charge in [0, 0.05) is 23.2 Å². The Morgan fingerprint density at radius 3 is 2.78 bits per heavy atom. The van der Waals surface area contributed by atoms with E-state index in [4.69, 9.17) is 4.74 Å². The molecule has 32 heavy (non-hydrogen) atoms. The average Bonchev–Trinajstić information content (AvgIpc) is 3.34. The molecule has 2 aliphatic heterocycles. The number of Topliss-reactive ketones (excluding diaryl/α,β-unsaturated/α-hetero) is 1. The minimum Gasteiger partial charge on any atom is -0.451 e. The molecular formula is C20H19N3O6S3. The third-order valence-electron chi connectivity index (χ3n) is 4.78. The number of sulfonamides is 1. The first-order valence-corrected chi connectivity index (χ1v) is 12.9. The van der Waals surface area contributed by atoms with Crippen LogP contribution in [0, 0.1) is 0 Å². The number of nitrogens with zero attached hydrogens (tertiary/aromatic N) is 2. The summed E-state index contributed by atoms with van der Waals surface area (Å²) in [5.41, 5.74) is 1.05. The SMILES string of the molecule is CC(=O)NCc1ccc(C(=O)C(C)OC(=O)c2ccc3c(c2)SC2=NS(=O)(=O)CCN23)s1. The van der Waals surface area contributed by atoms with E-state index in [0.717, 1.165) is 10.6 Å². The molecule has 0 radical (unpaired) electrons. The first-order chi connectivity index (χ1) is 15.1. The maximum Gasteiger partial charge on any atom is 0.338 e. The number of amides is 1. The minimum atomic E-state index is -3.46. The van der Waals surface area contributed by atoms with Crippen molar-refractivity contribution in [3.63, 3.8) is 0 Å². The molecule has 2 aromatic rings. The number of rotatable bonds is 6. The number of carbonyl (C=O) groups is 3. The van der Waals surface area contributed by atoms with Crippen molar-refractivity contribution in [2.45, 2.75) is 31.4 Å². The Hall–Kier alpha value is -2.70. The van der Waals surface area contributed by atoms with E-state index < -0.39 is 22.1 Å². The van der Waals surface area contributed by atoms with Crippen LogP contribution in [0.1, 0.15) is 38.8 Å². The van der Waals surface area contributed by atoms with E-state index >= 15 is 0 Å². The Morgan fingerprint density at radius 1 is 1.25 bits per heavy atom. The molecule has 0 saturated heterocycles. The van der Waals surface area contributed by atoms with Crippen molar-refractivity contribution in [2.24, 2.45) is 4.40 Å². The lowest BCUT2D eigenvalue weighted by atomic mass is 10.2. The van der Waals surface area contributed by atoms with Crippen molar-refractivity contribution in [1.82, 2.24) is 5.32 Å². The van der Waals surface area contributed by atoms with Crippen LogP contribution in [0.15, 0.2) is 39.6 Å². The van der Waals surface area contributed by atoms with Crippen molar-refractivity contribution in [2.75, 3.05) is 17.2 Å². The molecule has 0 spiro atoms. The van der Waals surface area contributed by atoms with Gasteiger partial charge in [0.15, 0.2) is 11.3 Å². The van der Waals surface area contributed by atoms with Crippen LogP contribution in [0.5, 0.6) is 0 Å². The largest absolute Gasteiger partial charge is 0.451 e. The summed E-state index contributed by atoms with van der Waals surface area (Å²) in [7, 11) is -3.46. The highest BCUT2D eigenvalue weighted by molar-refractivity contribution is 8.15. The number of nitrogens with one attached hydrogen (secondary N) is 1. The van der Waals surface area contributed by atoms with Gasteiger partial charge < -0.3 is 15.0 Å². The van der Waals surface area contributed by atoms with Crippen LogP contribution in [0.3, 0.4) is 0 Å². The summed E-state index contributed by atoms with van der Waals surface area (Å²) >= 11 is 2.41. The molecule has 1 amide bonds. The van der Waals surface area contributed by atoms with Gasteiger partial charge in [-0.15, -0.1) is 15.7 Å². The molecule has 0 saturated carbocycles. The van der Waals surface area contributed by atoms with E-state index in [9.17, 15) is 22.8 Å². The highest BCUT2D eigenvalue weighted by Crippen LogP contribution is 2.42. The van der Waals surface area contributed by atoms with Gasteiger partial charge in [-0.25, -0.2) is 13.2 Å². The topological polar surface area (TPSA) is 122 Å². The average molecular weight is 494 g/mol. The van der Waals surface area contributed by atoms with Crippen molar-refractivity contribution < 1.29 is 27.5 Å². The van der Waals surface area contributed by atoms with Gasteiger partial charge in [-0.3, -0.25) is 9.59 Å². The van der Waals surface area contributed by atoms with Crippen LogP contribution in [-0.4, -0.2) is 49.6 Å². The Kier molecular flexibility index (Phi) is 6.10. The van der Waals surface area contributed by atoms with Gasteiger partial charge in [-0.05, 0) is 49.0 Å². The molecule has 1 aromatic carbocycles. The second kappa shape index (κ2) is 8.68. The molecule has 0 aliphatic carbocycles. The second-order valence-corrected chi connectivity index (χ2v) is 11.1. The van der Waals surface area contributed by atoms with Crippen molar-refractivity contribution >= 4 is 61.6 Å². The Labute approximate surface area is 192 Å². The fourth-order valence-electron chi connectivity index (χ4n) is 3.16. The van der Waals surface area contributed by atoms with Gasteiger partial charge in [0.25, 0.3) is 10.0 Å². The summed E-state index contributed by atoms with van der Waals surface area (Å²) in [6.45, 7) is 3.56. The summed E-state index contributed by atoms with van der Waals surface area (Å²) < 4.78 is 32.6. The molecule has 1 atom stereocenters. The number of hydrogen-bond donors (Lipinski definition) is 1. The summed E-state index contributed by atoms with van der Waals surface area (Å²) in [5, 5.41) is 3.04. The Morgan fingerprint density at radius 2 is 2.03 bits per heavy atom. The lowest BCUT2D eigenvalue weighted by molar-refractivity contribution is -0.119. The Bertz CT molecular complexity index is 1250. The number of amidine groups is 1. The number of fused-ring (bicyclic) bond motifs is 3. The van der Waals surface area contributed by atoms with E-state index in [0.29, 0.717) is 28.0 Å². The summed E-state index contributed by atoms with van der Waals surface area (Å²) in [5.74, 6) is -1.20. The Balaban J connectivity index is 1.43. The number of esters is 1. The molecule has 0 fully saturated rings. The highest BCUT2D eigenvalue weighted by atomic mass is 32.2. The van der Waals surface area contributed by atoms with Gasteiger partial charge >= 0.3 is 5.97 Å². The van der Waals surface area contributed by atoms with E-state index in [-0.39, 0.29) is 23.0 Å². The quantitative estimate of drug-likeness (QED) is 0.481. The number of thiophene rings is 1. The lowest BCUT2D eigenvalue weighted by Gasteiger charge is -2.22. The van der Waals surface area contributed by atoms with Gasteiger partial charge in [-0.1, -0.05) is 0 Å². The zero-order valence-corrected chi connectivity index (χ0v) is 19.6. The number of thioether (sulfide) groups is 1. The maximum atomic E-state index is 12.6. The van der Waals surface area contributed by atoms with E-state index in [1.54, 1.807) is 35.2 Å². The maximum absolute atomic E-state index is 12.6. The molecule has 168 valence electrons. The smallest absolute Gasteiger partial charge is 0.338 e. The second-order valence-electron chi connectivity index (χ2n) is 7.18. The number of ether oxygens (including phenoxy) is 1. The number of hydrogen-bond acceptors (Lipinski definition) is 9. The van der Waals surface area contributed by atoms with Gasteiger partial charge in [0.05, 0.1) is 28.4 Å². The third-order valence-corrected chi connectivity index (χ3v) is 8.18. The molecule has 9 nitrogen and oxygen atoms in total. The molecule has 1 aromatic heterocycles. The van der Waals surface area contributed by atoms with Crippen LogP contribution >= 0.6 is 23.1 Å². The molecule has 1 unspecified atom stereocenters. The van der Waals surface area contributed by atoms with Gasteiger partial charge in [0.2, 0.25) is 11.7 Å². The number of carbonyl (C=O) groups excluding carboxylic acids is 3. The molecule has 1 N–H and O–H groups in total. The van der Waals surface area contributed by atoms with E-state index in [2.05, 4.69) is 9.71 Å². The fourth-order valence-corrected chi connectivity index (χ4v) is 6.42. The molecule has 3 heterocycles. The first-order valence-electron chi connectivity index (χ1n) is 9.63. The summed E-state index contributed by atoms with van der Waals surface area (Å²) in [4.78, 5) is 40.1. The molecule has 12 heteroatoms. The van der Waals surface area contributed by atoms with E-state index in [1.807, 2.05) is 0 Å². The van der Waals surface area contributed by atoms with Crippen LogP contribution in [0.2, 0.25) is 0 Å². The van der Waals surface area contributed by atoms with Gasteiger partial charge in [0.1, 0.15) is 0 Å². The summed E-state index contributed by atoms with van der Waals surface area (Å²) in [6.07, 6.45) is -0.989. The number of ketones is 1. The van der Waals surface area contributed by atoms with Crippen LogP contribution in [-0.2, 0) is 26.1 Å². The molecular weight excluding hydrogens is 474 g/mol. The third kappa shape index (κ3) is 4.71. The summed E-state index contributed by atoms with van der Waals surface area (Å²) in [6, 6.07) is 8.31. The van der Waals surface area contributed by atoms with Crippen molar-refractivity contribution in [3.8, 4) is 0 Å². The molecule has 0 bridgehead atoms. The molecule has 4 rings (SSSR count). The first kappa shape index (κ1) is 22.5. The standard InChI is InChI=1S/C20H19N3O6S3/c1-11(18(25)16-6-4-14(30-16)10-21-12(2)24)29-19(26)13-3-5-15-17(9-13)31-20-22-32(27,28)8-7-23(15)20/h3-6,9,11H,7-8,10H2,1-2H3,(H,21,24). The van der Waals surface area contributed by atoms with Crippen molar-refractivity contribution in [3.05, 3.63) is 45.6 Å². The van der Waals surface area contributed by atoms with Crippen LogP contribution < -0.4 is 10.2 Å². The molecule has 2 aliphatic rings. The zero-order valence-electron chi connectivity index (χ0n) is 17.2. The van der Waals surface area contributed by atoms with Crippen LogP contribution in [0.4, 0.5) is 5.69 Å². The monoisotopic (exact) mass is 493 g/mol. The predicted octanol–water partition coefficient (Wildman–Crippen LogP) is 2.42. The zero-order chi connectivity index (χ0) is 23.0. The lowest BCUT2D eigenvalue weighted by Crippen LogP contribution is -2.35. The fraction of sp³-hybridized carbons (Fsp3) is 0.300. The van der Waals surface area contributed by atoms with Crippen LogP contribution in [0.25, 0.3) is 0 Å². The highest BCUT2D eigenvalue weighted by Gasteiger charge is 2.33. The van der Waals surface area contributed by atoms with Gasteiger partial charge in [-0.2, -0.15) is 0 Å². The normalized spacial score (nSPS) is 17.1. The predicted molar refractivity (Wildman–Crippen MR) is 122 cm³/mol. The van der Waals surface area contributed by atoms with E-state index in [1.165, 1.54) is 36.9 Å². The minimum absolute atomic E-state index is 0.0603.